The predicted octanol–water partition coefficient (Wildman–Crippen LogP) is -0.912. The fourth-order valence-electron chi connectivity index (χ4n) is 1.76. The Morgan fingerprint density at radius 3 is 2.43 bits per heavy atom. The smallest absolute Gasteiger partial charge is 0.245 e. The molecular weight excluding hydrogens is 315 g/mol. The molecule has 21 heavy (non-hydrogen) atoms. The van der Waals surface area contributed by atoms with Crippen molar-refractivity contribution in [1.82, 2.24) is 9.29 Å². The van der Waals surface area contributed by atoms with Crippen LogP contribution in [0.1, 0.15) is 5.69 Å². The van der Waals surface area contributed by atoms with Crippen LogP contribution in [0.25, 0.3) is 0 Å². The zero-order chi connectivity index (χ0) is 14.6. The van der Waals surface area contributed by atoms with Gasteiger partial charge in [-0.2, -0.15) is 0 Å². The number of sulfonamides is 1. The molecule has 0 fully saturated rings. The van der Waals surface area contributed by atoms with Crippen LogP contribution in [0, 0.1) is 5.82 Å². The second-order valence-corrected chi connectivity index (χ2v) is 6.34. The number of aromatic nitrogens is 1. The normalized spacial score (nSPS) is 11.2. The molecule has 0 unspecified atom stereocenters. The summed E-state index contributed by atoms with van der Waals surface area (Å²) in [5, 5.41) is 0. The fourth-order valence-corrected chi connectivity index (χ4v) is 2.99. The SMILES string of the molecule is CN(CCc1ccccn1)S(=O)(=O)c1ccccc1F.[Cl-]. The minimum absolute atomic E-state index is 0. The van der Waals surface area contributed by atoms with Gasteiger partial charge in [0.25, 0.3) is 0 Å². The van der Waals surface area contributed by atoms with Crippen molar-refractivity contribution in [1.29, 1.82) is 0 Å². The maximum absolute atomic E-state index is 13.6. The maximum atomic E-state index is 13.6. The molecule has 114 valence electrons. The third-order valence-electron chi connectivity index (χ3n) is 2.93. The fraction of sp³-hybridized carbons (Fsp3) is 0.214. The summed E-state index contributed by atoms with van der Waals surface area (Å²) in [6.45, 7) is 0.244. The number of hydrogen-bond donors (Lipinski definition) is 0. The Morgan fingerprint density at radius 2 is 1.81 bits per heavy atom. The zero-order valence-electron chi connectivity index (χ0n) is 11.4. The van der Waals surface area contributed by atoms with E-state index < -0.39 is 15.8 Å². The molecule has 0 atom stereocenters. The van der Waals surface area contributed by atoms with E-state index in [1.54, 1.807) is 12.3 Å². The molecule has 4 nitrogen and oxygen atoms in total. The highest BCUT2D eigenvalue weighted by atomic mass is 35.5. The van der Waals surface area contributed by atoms with E-state index in [0.29, 0.717) is 6.42 Å². The Morgan fingerprint density at radius 1 is 1.14 bits per heavy atom. The minimum Gasteiger partial charge on any atom is -1.00 e. The molecule has 0 aliphatic rings. The number of halogens is 2. The van der Waals surface area contributed by atoms with Gasteiger partial charge >= 0.3 is 0 Å². The average Bonchev–Trinajstić information content (AvgIpc) is 2.46. The number of nitrogens with zero attached hydrogens (tertiary/aromatic N) is 2. The zero-order valence-corrected chi connectivity index (χ0v) is 13.0. The van der Waals surface area contributed by atoms with Crippen molar-refractivity contribution in [3.8, 4) is 0 Å². The van der Waals surface area contributed by atoms with Gasteiger partial charge in [0, 0.05) is 31.9 Å². The monoisotopic (exact) mass is 329 g/mol. The van der Waals surface area contributed by atoms with Gasteiger partial charge in [-0.25, -0.2) is 17.1 Å². The molecule has 7 heteroatoms. The Kier molecular flexibility index (Phi) is 6.26. The van der Waals surface area contributed by atoms with E-state index in [1.807, 2.05) is 12.1 Å². The molecule has 2 aromatic rings. The third-order valence-corrected chi connectivity index (χ3v) is 4.82. The Bertz CT molecular complexity index is 680. The summed E-state index contributed by atoms with van der Waals surface area (Å²) in [6, 6.07) is 10.8. The van der Waals surface area contributed by atoms with Crippen LogP contribution in [0.4, 0.5) is 4.39 Å². The quantitative estimate of drug-likeness (QED) is 0.713. The lowest BCUT2D eigenvalue weighted by Crippen LogP contribution is -3.00. The summed E-state index contributed by atoms with van der Waals surface area (Å²) < 4.78 is 39.2. The van der Waals surface area contributed by atoms with Crippen LogP contribution in [-0.4, -0.2) is 31.3 Å². The number of benzene rings is 1. The molecule has 2 rings (SSSR count). The highest BCUT2D eigenvalue weighted by Gasteiger charge is 2.23. The Labute approximate surface area is 130 Å². The molecule has 0 aliphatic carbocycles. The standard InChI is InChI=1S/C14H15FN2O2S.ClH/c1-17(11-9-12-6-4-5-10-16-12)20(18,19)14-8-3-2-7-13(14)15;/h2-8,10H,9,11H2,1H3;1H/p-1. The summed E-state index contributed by atoms with van der Waals surface area (Å²) in [6.07, 6.45) is 2.13. The molecule has 0 saturated carbocycles. The lowest BCUT2D eigenvalue weighted by atomic mass is 10.3. The van der Waals surface area contributed by atoms with Crippen LogP contribution in [0.2, 0.25) is 0 Å². The van der Waals surface area contributed by atoms with Gasteiger partial charge in [-0.1, -0.05) is 18.2 Å². The molecule has 1 aromatic carbocycles. The van der Waals surface area contributed by atoms with Gasteiger partial charge in [0.1, 0.15) is 10.7 Å². The summed E-state index contributed by atoms with van der Waals surface area (Å²) in [7, 11) is -2.37. The van der Waals surface area contributed by atoms with Crippen molar-refractivity contribution < 1.29 is 25.2 Å². The number of pyridine rings is 1. The summed E-state index contributed by atoms with van der Waals surface area (Å²) in [5.74, 6) is -0.739. The Balaban J connectivity index is 0.00000220. The maximum Gasteiger partial charge on any atom is 0.245 e. The molecule has 0 bridgehead atoms. The van der Waals surface area contributed by atoms with Crippen LogP contribution in [0.15, 0.2) is 53.6 Å². The van der Waals surface area contributed by atoms with Crippen LogP contribution in [0.5, 0.6) is 0 Å². The van der Waals surface area contributed by atoms with Gasteiger partial charge in [0.2, 0.25) is 10.0 Å². The lowest BCUT2D eigenvalue weighted by Gasteiger charge is -2.17. The van der Waals surface area contributed by atoms with Gasteiger partial charge in [-0.3, -0.25) is 4.98 Å². The van der Waals surface area contributed by atoms with Crippen molar-refractivity contribution in [2.24, 2.45) is 0 Å². The lowest BCUT2D eigenvalue weighted by molar-refractivity contribution is -0.00000743. The van der Waals surface area contributed by atoms with E-state index in [4.69, 9.17) is 0 Å². The van der Waals surface area contributed by atoms with Gasteiger partial charge < -0.3 is 12.4 Å². The van der Waals surface area contributed by atoms with E-state index in [2.05, 4.69) is 4.98 Å². The van der Waals surface area contributed by atoms with Gasteiger partial charge in [-0.05, 0) is 24.3 Å². The summed E-state index contributed by atoms with van der Waals surface area (Å²) in [4.78, 5) is 3.83. The number of rotatable bonds is 5. The highest BCUT2D eigenvalue weighted by Crippen LogP contribution is 2.17. The van der Waals surface area contributed by atoms with Crippen LogP contribution >= 0.6 is 0 Å². The summed E-state index contributed by atoms with van der Waals surface area (Å²) in [5.41, 5.74) is 0.795. The van der Waals surface area contributed by atoms with Crippen molar-refractivity contribution in [2.75, 3.05) is 13.6 Å². The number of hydrogen-bond acceptors (Lipinski definition) is 3. The van der Waals surface area contributed by atoms with Crippen molar-refractivity contribution >= 4 is 10.0 Å². The first-order chi connectivity index (χ1) is 9.51. The van der Waals surface area contributed by atoms with E-state index in [-0.39, 0.29) is 23.8 Å². The first kappa shape index (κ1) is 17.6. The Hall–Kier alpha value is -1.50. The molecule has 0 radical (unpaired) electrons. The molecule has 0 amide bonds. The molecule has 1 aromatic heterocycles. The molecule has 0 N–H and O–H groups in total. The van der Waals surface area contributed by atoms with Crippen molar-refractivity contribution in [3.05, 3.63) is 60.2 Å². The van der Waals surface area contributed by atoms with Crippen LogP contribution in [-0.2, 0) is 16.4 Å². The first-order valence-electron chi connectivity index (χ1n) is 6.12. The largest absolute Gasteiger partial charge is 1.00 e. The van der Waals surface area contributed by atoms with Crippen molar-refractivity contribution in [2.45, 2.75) is 11.3 Å². The first-order valence-corrected chi connectivity index (χ1v) is 7.56. The van der Waals surface area contributed by atoms with Gasteiger partial charge in [-0.15, -0.1) is 0 Å². The van der Waals surface area contributed by atoms with E-state index in [0.717, 1.165) is 16.1 Å². The molecule has 0 aliphatic heterocycles. The predicted molar refractivity (Wildman–Crippen MR) is 74.2 cm³/mol. The second kappa shape index (κ2) is 7.49. The molecule has 1 heterocycles. The van der Waals surface area contributed by atoms with Crippen LogP contribution in [0.3, 0.4) is 0 Å². The molecular formula is C14H15ClFN2O2S-. The van der Waals surface area contributed by atoms with E-state index >= 15 is 0 Å². The topological polar surface area (TPSA) is 50.3 Å². The van der Waals surface area contributed by atoms with Gasteiger partial charge in [0.05, 0.1) is 0 Å². The molecule has 0 spiro atoms. The highest BCUT2D eigenvalue weighted by molar-refractivity contribution is 7.89. The average molecular weight is 330 g/mol. The van der Waals surface area contributed by atoms with Crippen LogP contribution < -0.4 is 12.4 Å². The second-order valence-electron chi connectivity index (χ2n) is 4.33. The minimum atomic E-state index is -3.81. The van der Waals surface area contributed by atoms with E-state index in [9.17, 15) is 12.8 Å². The third kappa shape index (κ3) is 4.23. The molecule has 0 saturated heterocycles. The van der Waals surface area contributed by atoms with E-state index in [1.165, 1.54) is 25.2 Å². The number of likely N-dealkylation sites (N-methyl/N-ethyl adjacent to an activating group) is 1. The summed E-state index contributed by atoms with van der Waals surface area (Å²) >= 11 is 0. The van der Waals surface area contributed by atoms with Gasteiger partial charge in [0.15, 0.2) is 0 Å². The van der Waals surface area contributed by atoms with Crippen molar-refractivity contribution in [3.63, 3.8) is 0 Å².